The highest BCUT2D eigenvalue weighted by molar-refractivity contribution is 5.92. The molecule has 0 radical (unpaired) electrons. The van der Waals surface area contributed by atoms with E-state index in [1.165, 1.54) is 24.1 Å². The fourth-order valence-corrected chi connectivity index (χ4v) is 4.94. The van der Waals surface area contributed by atoms with Gasteiger partial charge in [0.05, 0.1) is 37.9 Å². The molecule has 5 rings (SSSR count). The molecular formula is C27H29N3O5. The number of piperidine rings is 1. The average molecular weight is 476 g/mol. The number of ether oxygens (including phenoxy) is 2. The summed E-state index contributed by atoms with van der Waals surface area (Å²) in [6, 6.07) is 9.01. The Hall–Kier alpha value is -3.78. The number of aromatic nitrogens is 2. The minimum Gasteiger partial charge on any atom is -0.493 e. The zero-order chi connectivity index (χ0) is 24.2. The van der Waals surface area contributed by atoms with E-state index < -0.39 is 5.97 Å². The van der Waals surface area contributed by atoms with Crippen LogP contribution in [0.4, 0.5) is 0 Å². The predicted octanol–water partition coefficient (Wildman–Crippen LogP) is 4.64. The second-order valence-electron chi connectivity index (χ2n) is 8.84. The molecule has 1 aliphatic heterocycles. The fourth-order valence-electron chi connectivity index (χ4n) is 4.94. The molecule has 1 fully saturated rings. The molecular weight excluding hydrogens is 446 g/mol. The number of likely N-dealkylation sites (tertiary alicyclic amines) is 1. The molecule has 1 saturated heterocycles. The van der Waals surface area contributed by atoms with Crippen LogP contribution in [0.15, 0.2) is 65.9 Å². The van der Waals surface area contributed by atoms with Crippen molar-refractivity contribution in [3.05, 3.63) is 78.1 Å². The highest BCUT2D eigenvalue weighted by Crippen LogP contribution is 2.35. The van der Waals surface area contributed by atoms with Gasteiger partial charge in [0.25, 0.3) is 0 Å². The summed E-state index contributed by atoms with van der Waals surface area (Å²) in [5.74, 6) is 0.179. The molecule has 0 amide bonds. The molecule has 0 bridgehead atoms. The number of aromatic carboxylic acids is 1. The van der Waals surface area contributed by atoms with Crippen LogP contribution in [0.5, 0.6) is 11.5 Å². The Balaban J connectivity index is 1.21. The number of carbonyl (C=O) groups is 1. The number of carboxylic acids is 1. The minimum atomic E-state index is -1.03. The quantitative estimate of drug-likeness (QED) is 0.377. The Morgan fingerprint density at radius 2 is 2.09 bits per heavy atom. The van der Waals surface area contributed by atoms with Gasteiger partial charge in [0.1, 0.15) is 12.2 Å². The lowest BCUT2D eigenvalue weighted by molar-refractivity contribution is 0.0690. The summed E-state index contributed by atoms with van der Waals surface area (Å²) in [6.45, 7) is 3.82. The Morgan fingerprint density at radius 1 is 1.23 bits per heavy atom. The van der Waals surface area contributed by atoms with Gasteiger partial charge in [0.2, 0.25) is 0 Å². The molecule has 182 valence electrons. The van der Waals surface area contributed by atoms with Crippen molar-refractivity contribution >= 4 is 16.9 Å². The first-order valence-electron chi connectivity index (χ1n) is 11.8. The molecule has 0 saturated carbocycles. The highest BCUT2D eigenvalue weighted by Gasteiger charge is 2.24. The first-order valence-corrected chi connectivity index (χ1v) is 11.8. The van der Waals surface area contributed by atoms with Crippen molar-refractivity contribution in [2.24, 2.45) is 0 Å². The van der Waals surface area contributed by atoms with E-state index in [1.807, 2.05) is 18.5 Å². The summed E-state index contributed by atoms with van der Waals surface area (Å²) in [5, 5.41) is 10.7. The molecule has 0 spiro atoms. The molecule has 8 nitrogen and oxygen atoms in total. The summed E-state index contributed by atoms with van der Waals surface area (Å²) < 4.78 is 18.7. The second-order valence-corrected chi connectivity index (χ2v) is 8.84. The number of fused-ring (bicyclic) bond motifs is 1. The summed E-state index contributed by atoms with van der Waals surface area (Å²) in [4.78, 5) is 18.3. The number of hydrogen-bond acceptors (Lipinski definition) is 6. The largest absolute Gasteiger partial charge is 0.493 e. The number of benzene rings is 1. The highest BCUT2D eigenvalue weighted by atomic mass is 16.5. The third kappa shape index (κ3) is 4.88. The van der Waals surface area contributed by atoms with Crippen molar-refractivity contribution in [3.8, 4) is 11.5 Å². The summed E-state index contributed by atoms with van der Waals surface area (Å²) in [7, 11) is 1.51. The van der Waals surface area contributed by atoms with Gasteiger partial charge < -0.3 is 23.6 Å². The van der Waals surface area contributed by atoms with Crippen LogP contribution in [0.3, 0.4) is 0 Å². The van der Waals surface area contributed by atoms with Gasteiger partial charge >= 0.3 is 5.97 Å². The van der Waals surface area contributed by atoms with E-state index in [0.29, 0.717) is 18.3 Å². The van der Waals surface area contributed by atoms with E-state index in [0.717, 1.165) is 50.1 Å². The molecule has 1 aliphatic rings. The van der Waals surface area contributed by atoms with Crippen LogP contribution < -0.4 is 9.47 Å². The molecule has 8 heteroatoms. The van der Waals surface area contributed by atoms with Gasteiger partial charge in [-0.1, -0.05) is 6.07 Å². The maximum atomic E-state index is 11.6. The minimum absolute atomic E-state index is 0.115. The lowest BCUT2D eigenvalue weighted by Crippen LogP contribution is -2.36. The number of rotatable bonds is 9. The topological polar surface area (TPSA) is 90.0 Å². The molecule has 0 atom stereocenters. The molecule has 35 heavy (non-hydrogen) atoms. The third-order valence-corrected chi connectivity index (χ3v) is 6.76. The van der Waals surface area contributed by atoms with Crippen LogP contribution >= 0.6 is 0 Å². The van der Waals surface area contributed by atoms with Crippen molar-refractivity contribution in [1.82, 2.24) is 14.5 Å². The summed E-state index contributed by atoms with van der Waals surface area (Å²) >= 11 is 0. The number of para-hydroxylation sites is 1. The van der Waals surface area contributed by atoms with E-state index in [2.05, 4.69) is 26.7 Å². The van der Waals surface area contributed by atoms with E-state index in [9.17, 15) is 9.90 Å². The number of pyridine rings is 1. The van der Waals surface area contributed by atoms with Gasteiger partial charge in [-0.2, -0.15) is 0 Å². The summed E-state index contributed by atoms with van der Waals surface area (Å²) in [5.41, 5.74) is 3.77. The van der Waals surface area contributed by atoms with Crippen molar-refractivity contribution in [3.63, 3.8) is 0 Å². The summed E-state index contributed by atoms with van der Waals surface area (Å²) in [6.07, 6.45) is 11.7. The third-order valence-electron chi connectivity index (χ3n) is 6.76. The van der Waals surface area contributed by atoms with Crippen LogP contribution in [0.1, 0.15) is 40.2 Å². The van der Waals surface area contributed by atoms with E-state index in [1.54, 1.807) is 24.7 Å². The normalized spacial score (nSPS) is 14.9. The van der Waals surface area contributed by atoms with Crippen molar-refractivity contribution in [2.75, 3.05) is 33.4 Å². The zero-order valence-corrected chi connectivity index (χ0v) is 19.7. The number of hydrogen-bond donors (Lipinski definition) is 1. The second kappa shape index (κ2) is 10.2. The molecule has 4 aromatic rings. The molecule has 0 aliphatic carbocycles. The van der Waals surface area contributed by atoms with Gasteiger partial charge in [0, 0.05) is 29.9 Å². The standard InChI is InChI=1S/C27H29N3O5/c1-33-25-4-2-3-22(27(31)32)26(25)35-14-12-29-10-6-20(7-11-29)23-17-30(16-19-8-13-34-18-19)24-15-28-9-5-21(23)24/h2-5,8-9,13,15,17-18,20H,6-7,10-12,14,16H2,1H3,(H,31,32). The maximum absolute atomic E-state index is 11.6. The van der Waals surface area contributed by atoms with Gasteiger partial charge in [-0.25, -0.2) is 4.79 Å². The lowest BCUT2D eigenvalue weighted by atomic mass is 9.89. The van der Waals surface area contributed by atoms with Crippen LogP contribution in [-0.2, 0) is 6.54 Å². The Kier molecular flexibility index (Phi) is 6.72. The Bertz CT molecular complexity index is 1290. The van der Waals surface area contributed by atoms with E-state index >= 15 is 0 Å². The van der Waals surface area contributed by atoms with Crippen LogP contribution in [0.2, 0.25) is 0 Å². The van der Waals surface area contributed by atoms with Crippen LogP contribution in [0.25, 0.3) is 10.9 Å². The lowest BCUT2D eigenvalue weighted by Gasteiger charge is -2.32. The Morgan fingerprint density at radius 3 is 2.83 bits per heavy atom. The maximum Gasteiger partial charge on any atom is 0.339 e. The first kappa shape index (κ1) is 23.0. The van der Waals surface area contributed by atoms with Gasteiger partial charge in [-0.15, -0.1) is 0 Å². The number of carboxylic acid groups (broad SMARTS) is 1. The van der Waals surface area contributed by atoms with Crippen LogP contribution in [-0.4, -0.2) is 58.9 Å². The van der Waals surface area contributed by atoms with Crippen LogP contribution in [0, 0.1) is 0 Å². The van der Waals surface area contributed by atoms with Crippen molar-refractivity contribution in [1.29, 1.82) is 0 Å². The fraction of sp³-hybridized carbons (Fsp3) is 0.333. The predicted molar refractivity (Wildman–Crippen MR) is 131 cm³/mol. The van der Waals surface area contributed by atoms with E-state index in [-0.39, 0.29) is 11.3 Å². The molecule has 0 unspecified atom stereocenters. The molecule has 4 heterocycles. The van der Waals surface area contributed by atoms with Gasteiger partial charge in [-0.05, 0) is 61.7 Å². The van der Waals surface area contributed by atoms with Gasteiger partial charge in [0.15, 0.2) is 11.5 Å². The molecule has 1 N–H and O–H groups in total. The SMILES string of the molecule is COc1cccc(C(=O)O)c1OCCN1CCC(c2cn(Cc3ccoc3)c3cnccc23)CC1. The van der Waals surface area contributed by atoms with Gasteiger partial charge in [-0.3, -0.25) is 9.88 Å². The zero-order valence-electron chi connectivity index (χ0n) is 19.7. The number of nitrogens with zero attached hydrogens (tertiary/aromatic N) is 3. The smallest absolute Gasteiger partial charge is 0.339 e. The monoisotopic (exact) mass is 475 g/mol. The number of furan rings is 1. The van der Waals surface area contributed by atoms with E-state index in [4.69, 9.17) is 13.9 Å². The molecule has 1 aromatic carbocycles. The number of methoxy groups -OCH3 is 1. The molecule has 3 aromatic heterocycles. The van der Waals surface area contributed by atoms with Crippen molar-refractivity contribution in [2.45, 2.75) is 25.3 Å². The Labute approximate surface area is 203 Å². The average Bonchev–Trinajstić information content (AvgIpc) is 3.53. The van der Waals surface area contributed by atoms with Crippen molar-refractivity contribution < 1.29 is 23.8 Å². The first-order chi connectivity index (χ1) is 17.1.